The van der Waals surface area contributed by atoms with Crippen LogP contribution in [0.5, 0.6) is 5.75 Å². The first kappa shape index (κ1) is 20.8. The van der Waals surface area contributed by atoms with E-state index in [4.69, 9.17) is 4.74 Å². The van der Waals surface area contributed by atoms with Crippen molar-refractivity contribution in [2.45, 2.75) is 0 Å². The lowest BCUT2D eigenvalue weighted by Gasteiger charge is -2.11. The number of para-hydroxylation sites is 1. The maximum absolute atomic E-state index is 13.2. The Morgan fingerprint density at radius 3 is 2.55 bits per heavy atom. The number of anilines is 1. The number of hydrogen-bond acceptors (Lipinski definition) is 5. The van der Waals surface area contributed by atoms with Gasteiger partial charge in [0.2, 0.25) is 0 Å². The number of hydrogen-bond donors (Lipinski definition) is 2. The van der Waals surface area contributed by atoms with Gasteiger partial charge in [-0.05, 0) is 58.4 Å². The van der Waals surface area contributed by atoms with E-state index < -0.39 is 11.9 Å². The number of carbonyl (C=O) groups is 2. The average Bonchev–Trinajstić information content (AvgIpc) is 3.40. The van der Waals surface area contributed by atoms with Crippen LogP contribution in [0.25, 0.3) is 16.3 Å². The van der Waals surface area contributed by atoms with Gasteiger partial charge in [-0.1, -0.05) is 18.2 Å². The molecular formula is C22H16BrN3O4S. The van der Waals surface area contributed by atoms with Gasteiger partial charge in [-0.3, -0.25) is 4.79 Å². The van der Waals surface area contributed by atoms with Gasteiger partial charge in [0.1, 0.15) is 11.4 Å². The number of carboxylic acids is 1. The molecule has 2 aromatic carbocycles. The van der Waals surface area contributed by atoms with Crippen LogP contribution in [0, 0.1) is 0 Å². The quantitative estimate of drug-likeness (QED) is 0.375. The summed E-state index contributed by atoms with van der Waals surface area (Å²) in [5.41, 5.74) is 1.98. The predicted octanol–water partition coefficient (Wildman–Crippen LogP) is 5.32. The number of thiophene rings is 1. The average molecular weight is 498 g/mol. The Morgan fingerprint density at radius 1 is 1.13 bits per heavy atom. The zero-order valence-corrected chi connectivity index (χ0v) is 18.6. The first-order chi connectivity index (χ1) is 15.0. The van der Waals surface area contributed by atoms with Crippen molar-refractivity contribution in [3.8, 4) is 22.0 Å². The SMILES string of the molecule is COc1ccc(C(=O)O)cc1NC(=O)c1cn(-c2ccccc2)nc1-c1ccc(Br)s1. The van der Waals surface area contributed by atoms with Gasteiger partial charge in [0.05, 0.1) is 38.3 Å². The lowest BCUT2D eigenvalue weighted by Crippen LogP contribution is -2.13. The van der Waals surface area contributed by atoms with Gasteiger partial charge in [0.15, 0.2) is 0 Å². The number of aromatic carboxylic acids is 1. The molecule has 2 aromatic heterocycles. The molecule has 7 nitrogen and oxygen atoms in total. The third kappa shape index (κ3) is 4.37. The zero-order chi connectivity index (χ0) is 22.0. The maximum atomic E-state index is 13.2. The van der Waals surface area contributed by atoms with Crippen molar-refractivity contribution in [2.75, 3.05) is 12.4 Å². The molecule has 0 radical (unpaired) electrons. The molecule has 1 amide bonds. The van der Waals surface area contributed by atoms with Crippen LogP contribution in [0.15, 0.2) is 70.6 Å². The number of carboxylic acid groups (broad SMARTS) is 1. The summed E-state index contributed by atoms with van der Waals surface area (Å²) in [5, 5.41) is 16.7. The summed E-state index contributed by atoms with van der Waals surface area (Å²) in [5.74, 6) is -1.17. The summed E-state index contributed by atoms with van der Waals surface area (Å²) in [6.07, 6.45) is 1.65. The molecule has 31 heavy (non-hydrogen) atoms. The molecular weight excluding hydrogens is 482 g/mol. The number of halogens is 1. The van der Waals surface area contributed by atoms with Crippen LogP contribution in [0.3, 0.4) is 0 Å². The van der Waals surface area contributed by atoms with Crippen molar-refractivity contribution in [2.24, 2.45) is 0 Å². The van der Waals surface area contributed by atoms with Gasteiger partial charge in [-0.15, -0.1) is 11.3 Å². The number of methoxy groups -OCH3 is 1. The van der Waals surface area contributed by atoms with Crippen LogP contribution in [0.4, 0.5) is 5.69 Å². The van der Waals surface area contributed by atoms with E-state index in [0.29, 0.717) is 17.0 Å². The summed E-state index contributed by atoms with van der Waals surface area (Å²) in [4.78, 5) is 25.4. The molecule has 0 bridgehead atoms. The molecule has 4 rings (SSSR count). The van der Waals surface area contributed by atoms with E-state index in [-0.39, 0.29) is 11.3 Å². The molecule has 0 aliphatic carbocycles. The molecule has 4 aromatic rings. The third-order valence-corrected chi connectivity index (χ3v) is 6.11. The van der Waals surface area contributed by atoms with Crippen LogP contribution in [-0.2, 0) is 0 Å². The summed E-state index contributed by atoms with van der Waals surface area (Å²) < 4.78 is 7.83. The molecule has 0 fully saturated rings. The van der Waals surface area contributed by atoms with Crippen LogP contribution in [-0.4, -0.2) is 33.9 Å². The molecule has 0 spiro atoms. The highest BCUT2D eigenvalue weighted by Crippen LogP contribution is 2.34. The van der Waals surface area contributed by atoms with Gasteiger partial charge in [0.25, 0.3) is 5.91 Å². The Hall–Kier alpha value is -3.43. The number of benzene rings is 2. The number of carbonyl (C=O) groups excluding carboxylic acids is 1. The number of nitrogens with zero attached hydrogens (tertiary/aromatic N) is 2. The van der Waals surface area contributed by atoms with Crippen LogP contribution >= 0.6 is 27.3 Å². The van der Waals surface area contributed by atoms with Crippen molar-refractivity contribution >= 4 is 44.8 Å². The Balaban J connectivity index is 1.76. The molecule has 0 aliphatic heterocycles. The van der Waals surface area contributed by atoms with Gasteiger partial charge in [-0.2, -0.15) is 5.10 Å². The second-order valence-electron chi connectivity index (χ2n) is 6.45. The number of nitrogens with one attached hydrogen (secondary N) is 1. The van der Waals surface area contributed by atoms with Gasteiger partial charge in [-0.25, -0.2) is 9.48 Å². The minimum Gasteiger partial charge on any atom is -0.495 e. The molecule has 0 saturated heterocycles. The van der Waals surface area contributed by atoms with E-state index in [1.165, 1.54) is 36.6 Å². The van der Waals surface area contributed by atoms with E-state index in [0.717, 1.165) is 14.4 Å². The van der Waals surface area contributed by atoms with Gasteiger partial charge < -0.3 is 15.2 Å². The Kier molecular flexibility index (Phi) is 5.88. The minimum atomic E-state index is -1.10. The Labute approximate surface area is 190 Å². The normalized spacial score (nSPS) is 10.6. The van der Waals surface area contributed by atoms with Crippen LogP contribution in [0.1, 0.15) is 20.7 Å². The summed E-state index contributed by atoms with van der Waals surface area (Å²) in [7, 11) is 1.45. The molecule has 2 heterocycles. The van der Waals surface area contributed by atoms with E-state index >= 15 is 0 Å². The largest absolute Gasteiger partial charge is 0.495 e. The first-order valence-corrected chi connectivity index (χ1v) is 10.7. The highest BCUT2D eigenvalue weighted by atomic mass is 79.9. The van der Waals surface area contributed by atoms with E-state index in [2.05, 4.69) is 26.3 Å². The summed E-state index contributed by atoms with van der Waals surface area (Å²) >= 11 is 4.91. The van der Waals surface area contributed by atoms with Crippen LogP contribution in [0.2, 0.25) is 0 Å². The zero-order valence-electron chi connectivity index (χ0n) is 16.2. The molecule has 0 atom stereocenters. The standard InChI is InChI=1S/C22H16BrN3O4S/c1-30-17-8-7-13(22(28)29)11-16(17)24-21(27)15-12-26(14-5-3-2-4-6-14)25-20(15)18-9-10-19(23)31-18/h2-12H,1H3,(H,24,27)(H,28,29). The van der Waals surface area contributed by atoms with Gasteiger partial charge in [0, 0.05) is 6.20 Å². The first-order valence-electron chi connectivity index (χ1n) is 9.09. The molecule has 0 saturated carbocycles. The van der Waals surface area contributed by atoms with Crippen molar-refractivity contribution < 1.29 is 19.4 Å². The minimum absolute atomic E-state index is 0.0403. The molecule has 2 N–H and O–H groups in total. The van der Waals surface area contributed by atoms with E-state index in [9.17, 15) is 14.7 Å². The number of aromatic nitrogens is 2. The predicted molar refractivity (Wildman–Crippen MR) is 122 cm³/mol. The second kappa shape index (κ2) is 8.75. The van der Waals surface area contributed by atoms with Crippen molar-refractivity contribution in [3.63, 3.8) is 0 Å². The molecule has 0 unspecified atom stereocenters. The number of amides is 1. The molecule has 9 heteroatoms. The maximum Gasteiger partial charge on any atom is 0.335 e. The Bertz CT molecular complexity index is 1270. The third-order valence-electron chi connectivity index (χ3n) is 4.48. The number of rotatable bonds is 6. The lowest BCUT2D eigenvalue weighted by molar-refractivity contribution is 0.0696. The smallest absolute Gasteiger partial charge is 0.335 e. The van der Waals surface area contributed by atoms with E-state index in [1.807, 2.05) is 42.5 Å². The Morgan fingerprint density at radius 2 is 1.90 bits per heavy atom. The fraction of sp³-hybridized carbons (Fsp3) is 0.0455. The lowest BCUT2D eigenvalue weighted by atomic mass is 10.1. The molecule has 0 aliphatic rings. The monoisotopic (exact) mass is 497 g/mol. The fourth-order valence-corrected chi connectivity index (χ4v) is 4.39. The van der Waals surface area contributed by atoms with Crippen molar-refractivity contribution in [3.05, 3.63) is 81.8 Å². The second-order valence-corrected chi connectivity index (χ2v) is 8.91. The van der Waals surface area contributed by atoms with Crippen molar-refractivity contribution in [1.82, 2.24) is 9.78 Å². The van der Waals surface area contributed by atoms with Gasteiger partial charge >= 0.3 is 5.97 Å². The summed E-state index contributed by atoms with van der Waals surface area (Å²) in [6.45, 7) is 0. The fourth-order valence-electron chi connectivity index (χ4n) is 3.00. The van der Waals surface area contributed by atoms with Crippen molar-refractivity contribution in [1.29, 1.82) is 0 Å². The summed E-state index contributed by atoms with van der Waals surface area (Å²) in [6, 6.07) is 17.5. The number of ether oxygens (including phenoxy) is 1. The molecule has 156 valence electrons. The topological polar surface area (TPSA) is 93.5 Å². The highest BCUT2D eigenvalue weighted by molar-refractivity contribution is 9.11. The highest BCUT2D eigenvalue weighted by Gasteiger charge is 2.21. The van der Waals surface area contributed by atoms with Crippen LogP contribution < -0.4 is 10.1 Å². The van der Waals surface area contributed by atoms with E-state index in [1.54, 1.807) is 10.9 Å².